The molecule has 2 rings (SSSR count). The number of amides is 1. The second-order valence-corrected chi connectivity index (χ2v) is 9.32. The number of alkyl carbamates (subject to hydrolysis) is 1. The van der Waals surface area contributed by atoms with Gasteiger partial charge in [-0.1, -0.05) is 25.3 Å². The fraction of sp³-hybridized carbons (Fsp3) is 0.667. The van der Waals surface area contributed by atoms with E-state index in [0.717, 1.165) is 31.2 Å². The second-order valence-electron chi connectivity index (χ2n) is 9.32. The van der Waals surface area contributed by atoms with Crippen molar-refractivity contribution in [1.29, 1.82) is 0 Å². The number of rotatable bonds is 7. The predicted octanol–water partition coefficient (Wildman–Crippen LogP) is 5.34. The first-order chi connectivity index (χ1) is 14.5. The van der Waals surface area contributed by atoms with Crippen LogP contribution in [-0.2, 0) is 14.3 Å². The van der Waals surface area contributed by atoms with E-state index in [9.17, 15) is 14.0 Å². The highest BCUT2D eigenvalue weighted by molar-refractivity contribution is 5.81. The minimum atomic E-state index is -0.862. The van der Waals surface area contributed by atoms with Crippen molar-refractivity contribution in [2.45, 2.75) is 90.4 Å². The van der Waals surface area contributed by atoms with Crippen LogP contribution in [0.3, 0.4) is 0 Å². The molecule has 0 spiro atoms. The molecule has 0 bridgehead atoms. The maximum absolute atomic E-state index is 13.8. The van der Waals surface area contributed by atoms with Gasteiger partial charge in [0.15, 0.2) is 0 Å². The lowest BCUT2D eigenvalue weighted by atomic mass is 9.74. The van der Waals surface area contributed by atoms with Gasteiger partial charge in [-0.15, -0.1) is 0 Å². The maximum Gasteiger partial charge on any atom is 0.408 e. The Morgan fingerprint density at radius 2 is 1.77 bits per heavy atom. The highest BCUT2D eigenvalue weighted by Gasteiger charge is 2.35. The van der Waals surface area contributed by atoms with E-state index in [0.29, 0.717) is 11.7 Å². The molecule has 7 heteroatoms. The number of hydrogen-bond acceptors (Lipinski definition) is 5. The lowest BCUT2D eigenvalue weighted by Crippen LogP contribution is -2.44. The number of benzene rings is 1. The van der Waals surface area contributed by atoms with Crippen LogP contribution in [0, 0.1) is 11.7 Å². The SMILES string of the molecule is COc1cc(F)ccc1[C@@H](C1CCCCC1)[C@H](C)OC(=O)[C@H](C)NC(=O)OC(C)(C)C. The van der Waals surface area contributed by atoms with Crippen LogP contribution in [0.1, 0.15) is 78.2 Å². The molecule has 1 aliphatic rings. The summed E-state index contributed by atoms with van der Waals surface area (Å²) in [6, 6.07) is 3.64. The van der Waals surface area contributed by atoms with E-state index >= 15 is 0 Å². The van der Waals surface area contributed by atoms with E-state index < -0.39 is 29.8 Å². The van der Waals surface area contributed by atoms with Crippen LogP contribution >= 0.6 is 0 Å². The first-order valence-corrected chi connectivity index (χ1v) is 11.0. The average molecular weight is 438 g/mol. The van der Waals surface area contributed by atoms with E-state index in [1.807, 2.05) is 6.92 Å². The third kappa shape index (κ3) is 7.40. The van der Waals surface area contributed by atoms with Gasteiger partial charge < -0.3 is 19.5 Å². The van der Waals surface area contributed by atoms with Gasteiger partial charge >= 0.3 is 12.1 Å². The van der Waals surface area contributed by atoms with Gasteiger partial charge in [0, 0.05) is 17.5 Å². The van der Waals surface area contributed by atoms with Crippen molar-refractivity contribution in [3.05, 3.63) is 29.6 Å². The zero-order valence-electron chi connectivity index (χ0n) is 19.5. The number of ether oxygens (including phenoxy) is 3. The molecule has 0 aromatic heterocycles. The standard InChI is InChI=1S/C24H36FNO5/c1-15(26-23(28)31-24(3,4)5)22(27)30-16(2)21(17-10-8-7-9-11-17)19-13-12-18(25)14-20(19)29-6/h12-17,21H,7-11H2,1-6H3,(H,26,28)/t15-,16-,21+/m0/s1. The fourth-order valence-electron chi connectivity index (χ4n) is 4.25. The molecule has 0 radical (unpaired) electrons. The van der Waals surface area contributed by atoms with E-state index in [-0.39, 0.29) is 11.7 Å². The third-order valence-corrected chi connectivity index (χ3v) is 5.61. The Hall–Kier alpha value is -2.31. The molecule has 31 heavy (non-hydrogen) atoms. The number of carbonyl (C=O) groups is 2. The molecule has 1 saturated carbocycles. The van der Waals surface area contributed by atoms with Gasteiger partial charge in [0.05, 0.1) is 7.11 Å². The summed E-state index contributed by atoms with van der Waals surface area (Å²) in [4.78, 5) is 24.7. The smallest absolute Gasteiger partial charge is 0.408 e. The Morgan fingerprint density at radius 1 is 1.13 bits per heavy atom. The van der Waals surface area contributed by atoms with Gasteiger partial charge in [-0.05, 0) is 59.4 Å². The van der Waals surface area contributed by atoms with Crippen molar-refractivity contribution in [2.24, 2.45) is 5.92 Å². The molecule has 3 atom stereocenters. The van der Waals surface area contributed by atoms with Crippen LogP contribution in [0.5, 0.6) is 5.75 Å². The molecule has 6 nitrogen and oxygen atoms in total. The molecule has 1 aromatic carbocycles. The highest BCUT2D eigenvalue weighted by atomic mass is 19.1. The predicted molar refractivity (Wildman–Crippen MR) is 117 cm³/mol. The normalized spacial score (nSPS) is 17.9. The van der Waals surface area contributed by atoms with Gasteiger partial charge in [0.25, 0.3) is 0 Å². The minimum Gasteiger partial charge on any atom is -0.496 e. The first kappa shape index (κ1) is 25.0. The van der Waals surface area contributed by atoms with Crippen molar-refractivity contribution >= 4 is 12.1 Å². The lowest BCUT2D eigenvalue weighted by Gasteiger charge is -2.35. The topological polar surface area (TPSA) is 73.9 Å². The Bertz CT molecular complexity index is 755. The van der Waals surface area contributed by atoms with Crippen molar-refractivity contribution in [3.8, 4) is 5.75 Å². The summed E-state index contributed by atoms with van der Waals surface area (Å²) in [5.74, 6) is -0.292. The van der Waals surface area contributed by atoms with Crippen LogP contribution in [0.2, 0.25) is 0 Å². The number of esters is 1. The van der Waals surface area contributed by atoms with Crippen molar-refractivity contribution in [1.82, 2.24) is 5.32 Å². The third-order valence-electron chi connectivity index (χ3n) is 5.61. The average Bonchev–Trinajstić information content (AvgIpc) is 2.68. The van der Waals surface area contributed by atoms with E-state index in [1.54, 1.807) is 33.8 Å². The van der Waals surface area contributed by atoms with Crippen LogP contribution in [0.15, 0.2) is 18.2 Å². The van der Waals surface area contributed by atoms with Crippen LogP contribution in [0.4, 0.5) is 9.18 Å². The molecule has 0 heterocycles. The number of methoxy groups -OCH3 is 1. The van der Waals surface area contributed by atoms with E-state index in [2.05, 4.69) is 5.32 Å². The molecule has 1 N–H and O–H groups in total. The highest BCUT2D eigenvalue weighted by Crippen LogP contribution is 2.42. The summed E-state index contributed by atoms with van der Waals surface area (Å²) >= 11 is 0. The van der Waals surface area contributed by atoms with Gasteiger partial charge in [0.2, 0.25) is 0 Å². The molecular weight excluding hydrogens is 401 g/mol. The van der Waals surface area contributed by atoms with E-state index in [1.165, 1.54) is 25.7 Å². The number of nitrogens with one attached hydrogen (secondary N) is 1. The second kappa shape index (κ2) is 10.8. The quantitative estimate of drug-likeness (QED) is 0.583. The summed E-state index contributed by atoms with van der Waals surface area (Å²) in [6.07, 6.45) is 4.29. The van der Waals surface area contributed by atoms with Crippen LogP contribution in [0.25, 0.3) is 0 Å². The molecule has 1 aromatic rings. The number of carbonyl (C=O) groups excluding carboxylic acids is 2. The van der Waals surface area contributed by atoms with Crippen LogP contribution in [-0.4, -0.2) is 36.9 Å². The zero-order chi connectivity index (χ0) is 23.2. The zero-order valence-corrected chi connectivity index (χ0v) is 19.5. The Balaban J connectivity index is 2.17. The molecule has 0 unspecified atom stereocenters. The summed E-state index contributed by atoms with van der Waals surface area (Å²) in [5, 5.41) is 2.52. The van der Waals surface area contributed by atoms with Gasteiger partial charge in [-0.3, -0.25) is 0 Å². The number of halogens is 1. The van der Waals surface area contributed by atoms with E-state index in [4.69, 9.17) is 14.2 Å². The molecule has 0 saturated heterocycles. The van der Waals surface area contributed by atoms with Crippen LogP contribution < -0.4 is 10.1 Å². The monoisotopic (exact) mass is 437 g/mol. The Kier molecular flexibility index (Phi) is 8.71. The molecule has 174 valence electrons. The number of hydrogen-bond donors (Lipinski definition) is 1. The Labute approximate surface area is 184 Å². The van der Waals surface area contributed by atoms with Gasteiger partial charge in [0.1, 0.15) is 29.3 Å². The summed E-state index contributed by atoms with van der Waals surface area (Å²) in [5.41, 5.74) is 0.176. The Morgan fingerprint density at radius 3 is 2.35 bits per heavy atom. The summed E-state index contributed by atoms with van der Waals surface area (Å²) in [7, 11) is 1.51. The van der Waals surface area contributed by atoms with Crippen molar-refractivity contribution in [3.63, 3.8) is 0 Å². The van der Waals surface area contributed by atoms with Crippen molar-refractivity contribution in [2.75, 3.05) is 7.11 Å². The van der Waals surface area contributed by atoms with Gasteiger partial charge in [-0.25, -0.2) is 14.0 Å². The largest absolute Gasteiger partial charge is 0.496 e. The first-order valence-electron chi connectivity index (χ1n) is 11.0. The molecular formula is C24H36FNO5. The lowest BCUT2D eigenvalue weighted by molar-refractivity contribution is -0.152. The summed E-state index contributed by atoms with van der Waals surface area (Å²) < 4.78 is 30.2. The summed E-state index contributed by atoms with van der Waals surface area (Å²) in [6.45, 7) is 8.67. The molecule has 1 amide bonds. The minimum absolute atomic E-state index is 0.131. The molecule has 1 fully saturated rings. The van der Waals surface area contributed by atoms with Gasteiger partial charge in [-0.2, -0.15) is 0 Å². The maximum atomic E-state index is 13.8. The molecule has 0 aliphatic heterocycles. The molecule has 1 aliphatic carbocycles. The van der Waals surface area contributed by atoms with Crippen molar-refractivity contribution < 1.29 is 28.2 Å². The fourth-order valence-corrected chi connectivity index (χ4v) is 4.25.